The highest BCUT2D eigenvalue weighted by molar-refractivity contribution is 7.89. The summed E-state index contributed by atoms with van der Waals surface area (Å²) in [6.45, 7) is 2.93. The molecule has 114 valence electrons. The predicted molar refractivity (Wildman–Crippen MR) is 77.1 cm³/mol. The van der Waals surface area contributed by atoms with Crippen LogP contribution < -0.4 is 4.72 Å². The van der Waals surface area contributed by atoms with Crippen LogP contribution in [0.3, 0.4) is 0 Å². The van der Waals surface area contributed by atoms with E-state index < -0.39 is 10.0 Å². The second kappa shape index (κ2) is 5.27. The average Bonchev–Trinajstić information content (AvgIpc) is 3.01. The van der Waals surface area contributed by atoms with Gasteiger partial charge in [0, 0.05) is 32.4 Å². The zero-order valence-electron chi connectivity index (χ0n) is 12.2. The molecule has 0 aromatic carbocycles. The fourth-order valence-electron chi connectivity index (χ4n) is 2.46. The highest BCUT2D eigenvalue weighted by Gasteiger charge is 2.19. The minimum Gasteiger partial charge on any atom is -0.337 e. The Kier molecular flexibility index (Phi) is 3.58. The Balaban J connectivity index is 1.73. The van der Waals surface area contributed by atoms with Gasteiger partial charge < -0.3 is 9.13 Å². The van der Waals surface area contributed by atoms with Crippen molar-refractivity contribution in [3.8, 4) is 0 Å². The molecule has 2 aromatic rings. The Morgan fingerprint density at radius 1 is 1.29 bits per heavy atom. The van der Waals surface area contributed by atoms with E-state index in [4.69, 9.17) is 0 Å². The van der Waals surface area contributed by atoms with E-state index in [0.29, 0.717) is 5.82 Å². The molecule has 1 N–H and O–H groups in total. The van der Waals surface area contributed by atoms with Crippen LogP contribution in [0, 0.1) is 6.92 Å². The monoisotopic (exact) mass is 309 g/mol. The van der Waals surface area contributed by atoms with E-state index in [0.717, 1.165) is 37.3 Å². The molecule has 8 heteroatoms. The number of aryl methyl sites for hydroxylation is 4. The van der Waals surface area contributed by atoms with Crippen molar-refractivity contribution in [3.05, 3.63) is 29.7 Å². The van der Waals surface area contributed by atoms with Crippen LogP contribution in [0.1, 0.15) is 30.2 Å². The van der Waals surface area contributed by atoms with Gasteiger partial charge in [0.15, 0.2) is 5.03 Å². The van der Waals surface area contributed by atoms with Crippen molar-refractivity contribution in [2.24, 2.45) is 7.05 Å². The van der Waals surface area contributed by atoms with Crippen molar-refractivity contribution in [2.75, 3.05) is 0 Å². The minimum atomic E-state index is -3.59. The normalized spacial score (nSPS) is 15.1. The second-order valence-corrected chi connectivity index (χ2v) is 7.07. The van der Waals surface area contributed by atoms with Gasteiger partial charge in [-0.1, -0.05) is 0 Å². The lowest BCUT2D eigenvalue weighted by Crippen LogP contribution is -2.23. The summed E-state index contributed by atoms with van der Waals surface area (Å²) in [6, 6.07) is 0. The van der Waals surface area contributed by atoms with Crippen LogP contribution in [0.25, 0.3) is 0 Å². The Bertz CT molecular complexity index is 717. The summed E-state index contributed by atoms with van der Waals surface area (Å²) in [5, 5.41) is 0.0477. The minimum absolute atomic E-state index is 0.0477. The number of imidazole rings is 2. The smallest absolute Gasteiger partial charge is 0.259 e. The van der Waals surface area contributed by atoms with Gasteiger partial charge in [-0.05, 0) is 19.8 Å². The Morgan fingerprint density at radius 3 is 2.76 bits per heavy atom. The molecule has 3 heterocycles. The molecule has 0 spiro atoms. The molecule has 0 radical (unpaired) electrons. The first-order valence-corrected chi connectivity index (χ1v) is 8.48. The third-order valence-electron chi connectivity index (χ3n) is 3.76. The molecule has 0 atom stereocenters. The molecule has 0 aliphatic carbocycles. The van der Waals surface area contributed by atoms with Gasteiger partial charge in [-0.15, -0.1) is 0 Å². The van der Waals surface area contributed by atoms with Crippen molar-refractivity contribution in [2.45, 2.75) is 44.3 Å². The molecular formula is C13H19N5O2S. The van der Waals surface area contributed by atoms with Gasteiger partial charge >= 0.3 is 0 Å². The number of fused-ring (bicyclic) bond motifs is 1. The molecule has 0 amide bonds. The van der Waals surface area contributed by atoms with Crippen molar-refractivity contribution in [1.29, 1.82) is 0 Å². The van der Waals surface area contributed by atoms with Gasteiger partial charge in [0.1, 0.15) is 11.6 Å². The molecule has 1 aliphatic rings. The first-order valence-electron chi connectivity index (χ1n) is 7.00. The predicted octanol–water partition coefficient (Wildman–Crippen LogP) is 0.740. The highest BCUT2D eigenvalue weighted by Crippen LogP contribution is 2.15. The average molecular weight is 309 g/mol. The summed E-state index contributed by atoms with van der Waals surface area (Å²) in [5.74, 6) is 1.71. The Morgan fingerprint density at radius 2 is 2.10 bits per heavy atom. The molecule has 0 saturated heterocycles. The summed E-state index contributed by atoms with van der Waals surface area (Å²) in [6.07, 6.45) is 6.71. The second-order valence-electron chi connectivity index (χ2n) is 5.36. The largest absolute Gasteiger partial charge is 0.337 e. The van der Waals surface area contributed by atoms with E-state index in [2.05, 4.69) is 19.3 Å². The number of aromatic nitrogens is 4. The third kappa shape index (κ3) is 2.86. The van der Waals surface area contributed by atoms with Gasteiger partial charge in [0.05, 0.1) is 12.2 Å². The van der Waals surface area contributed by atoms with Crippen LogP contribution in [-0.4, -0.2) is 27.5 Å². The molecule has 0 saturated carbocycles. The number of rotatable bonds is 4. The maximum Gasteiger partial charge on any atom is 0.259 e. The van der Waals surface area contributed by atoms with Crippen LogP contribution in [-0.2, 0) is 36.6 Å². The van der Waals surface area contributed by atoms with Gasteiger partial charge in [-0.3, -0.25) is 0 Å². The quantitative estimate of drug-likeness (QED) is 0.903. The van der Waals surface area contributed by atoms with Crippen LogP contribution in [0.15, 0.2) is 17.4 Å². The number of sulfonamides is 1. The lowest BCUT2D eigenvalue weighted by atomic mass is 10.2. The van der Waals surface area contributed by atoms with Crippen molar-refractivity contribution in [1.82, 2.24) is 23.8 Å². The molecule has 0 bridgehead atoms. The lowest BCUT2D eigenvalue weighted by Gasteiger charge is -2.11. The molecule has 7 nitrogen and oxygen atoms in total. The Hall–Kier alpha value is -1.67. The first kappa shape index (κ1) is 14.3. The molecule has 0 fully saturated rings. The Labute approximate surface area is 124 Å². The SMILES string of the molecule is Cc1nc(S(=O)(=O)NCc2cn3c(n2)CCCC3)cn1C. The molecule has 1 aliphatic heterocycles. The first-order chi connectivity index (χ1) is 9.95. The van der Waals surface area contributed by atoms with Gasteiger partial charge in [-0.25, -0.2) is 23.1 Å². The lowest BCUT2D eigenvalue weighted by molar-refractivity contribution is 0.522. The van der Waals surface area contributed by atoms with E-state index in [1.165, 1.54) is 6.20 Å². The zero-order chi connectivity index (χ0) is 15.0. The summed E-state index contributed by atoms with van der Waals surface area (Å²) >= 11 is 0. The summed E-state index contributed by atoms with van der Waals surface area (Å²) in [4.78, 5) is 8.53. The van der Waals surface area contributed by atoms with E-state index in [1.54, 1.807) is 18.5 Å². The molecular weight excluding hydrogens is 290 g/mol. The number of nitrogens with zero attached hydrogens (tertiary/aromatic N) is 4. The number of nitrogens with one attached hydrogen (secondary N) is 1. The fraction of sp³-hybridized carbons (Fsp3) is 0.538. The molecule has 21 heavy (non-hydrogen) atoms. The fourth-order valence-corrected chi connectivity index (χ4v) is 3.49. The molecule has 2 aromatic heterocycles. The van der Waals surface area contributed by atoms with Crippen LogP contribution >= 0.6 is 0 Å². The summed E-state index contributed by atoms with van der Waals surface area (Å²) in [7, 11) is -1.82. The zero-order valence-corrected chi connectivity index (χ0v) is 13.0. The van der Waals surface area contributed by atoms with Crippen molar-refractivity contribution >= 4 is 10.0 Å². The molecule has 0 unspecified atom stereocenters. The van der Waals surface area contributed by atoms with Crippen LogP contribution in [0.5, 0.6) is 0 Å². The van der Waals surface area contributed by atoms with Gasteiger partial charge in [-0.2, -0.15) is 0 Å². The van der Waals surface area contributed by atoms with Crippen LogP contribution in [0.4, 0.5) is 0 Å². The van der Waals surface area contributed by atoms with Gasteiger partial charge in [0.2, 0.25) is 0 Å². The summed E-state index contributed by atoms with van der Waals surface area (Å²) in [5.41, 5.74) is 0.753. The maximum absolute atomic E-state index is 12.2. The standard InChI is InChI=1S/C13H19N5O2S/c1-10-15-13(9-17(10)2)21(19,20)14-7-11-8-18-6-4-3-5-12(18)16-11/h8-9,14H,3-7H2,1-2H3. The summed E-state index contributed by atoms with van der Waals surface area (Å²) < 4.78 is 30.7. The van der Waals surface area contributed by atoms with E-state index in [9.17, 15) is 8.42 Å². The van der Waals surface area contributed by atoms with E-state index in [1.807, 2.05) is 6.20 Å². The molecule has 3 rings (SSSR count). The maximum atomic E-state index is 12.2. The van der Waals surface area contributed by atoms with Gasteiger partial charge in [0.25, 0.3) is 10.0 Å². The number of hydrogen-bond donors (Lipinski definition) is 1. The third-order valence-corrected chi connectivity index (χ3v) is 5.04. The van der Waals surface area contributed by atoms with Crippen molar-refractivity contribution in [3.63, 3.8) is 0 Å². The van der Waals surface area contributed by atoms with Crippen molar-refractivity contribution < 1.29 is 8.42 Å². The van der Waals surface area contributed by atoms with Crippen LogP contribution in [0.2, 0.25) is 0 Å². The van der Waals surface area contributed by atoms with E-state index in [-0.39, 0.29) is 11.6 Å². The van der Waals surface area contributed by atoms with E-state index >= 15 is 0 Å². The topological polar surface area (TPSA) is 81.8 Å². The number of hydrogen-bond acceptors (Lipinski definition) is 4. The highest BCUT2D eigenvalue weighted by atomic mass is 32.2.